The van der Waals surface area contributed by atoms with Crippen LogP contribution in [-0.2, 0) is 11.2 Å². The van der Waals surface area contributed by atoms with E-state index in [1.807, 2.05) is 0 Å². The summed E-state index contributed by atoms with van der Waals surface area (Å²) in [5.74, 6) is 0.795. The van der Waals surface area contributed by atoms with Crippen LogP contribution >= 0.6 is 11.3 Å². The summed E-state index contributed by atoms with van der Waals surface area (Å²) in [7, 11) is 0. The van der Waals surface area contributed by atoms with E-state index >= 15 is 0 Å². The number of hydrogen-bond acceptors (Lipinski definition) is 6. The Morgan fingerprint density at radius 2 is 2.22 bits per heavy atom. The predicted molar refractivity (Wildman–Crippen MR) is 70.4 cm³/mol. The highest BCUT2D eigenvalue weighted by atomic mass is 32.1. The number of nitrogens with zero attached hydrogens (tertiary/aromatic N) is 3. The lowest BCUT2D eigenvalue weighted by atomic mass is 10.2. The molecular formula is C11H17N3O3S. The second-order valence-electron chi connectivity index (χ2n) is 4.20. The van der Waals surface area contributed by atoms with Gasteiger partial charge < -0.3 is 19.8 Å². The Labute approximate surface area is 110 Å². The Balaban J connectivity index is 2.21. The number of ether oxygens (including phenoxy) is 1. The first-order chi connectivity index (χ1) is 8.72. The van der Waals surface area contributed by atoms with Gasteiger partial charge in [0.15, 0.2) is 0 Å². The summed E-state index contributed by atoms with van der Waals surface area (Å²) in [6.07, 6.45) is 2.99. The molecule has 1 aromatic rings. The van der Waals surface area contributed by atoms with Crippen molar-refractivity contribution in [1.82, 2.24) is 4.98 Å². The van der Waals surface area contributed by atoms with Gasteiger partial charge in [0, 0.05) is 13.1 Å². The van der Waals surface area contributed by atoms with Crippen molar-refractivity contribution >= 4 is 22.3 Å². The summed E-state index contributed by atoms with van der Waals surface area (Å²) in [5.41, 5.74) is 0. The van der Waals surface area contributed by atoms with E-state index in [9.17, 15) is 10.1 Å². The third kappa shape index (κ3) is 2.97. The minimum atomic E-state index is -0.399. The second kappa shape index (κ2) is 6.10. The van der Waals surface area contributed by atoms with Crippen LogP contribution in [0, 0.1) is 10.1 Å². The van der Waals surface area contributed by atoms with Crippen LogP contribution in [0.4, 0.5) is 10.9 Å². The van der Waals surface area contributed by atoms with Gasteiger partial charge in [0.2, 0.25) is 0 Å². The Morgan fingerprint density at radius 1 is 1.50 bits per heavy atom. The maximum atomic E-state index is 10.8. The van der Waals surface area contributed by atoms with Crippen molar-refractivity contribution in [2.45, 2.75) is 26.2 Å². The minimum Gasteiger partial charge on any atom is -0.378 e. The average molecular weight is 271 g/mol. The van der Waals surface area contributed by atoms with Gasteiger partial charge in [0.25, 0.3) is 5.82 Å². The molecule has 0 radical (unpaired) electrons. The molecule has 0 atom stereocenters. The second-order valence-corrected chi connectivity index (χ2v) is 5.27. The minimum absolute atomic E-state index is 0.00240. The van der Waals surface area contributed by atoms with Crippen molar-refractivity contribution in [2.75, 3.05) is 31.2 Å². The van der Waals surface area contributed by atoms with E-state index in [0.29, 0.717) is 13.2 Å². The highest BCUT2D eigenvalue weighted by Gasteiger charge is 2.26. The molecule has 0 unspecified atom stereocenters. The van der Waals surface area contributed by atoms with Crippen molar-refractivity contribution < 1.29 is 9.66 Å². The third-order valence-electron chi connectivity index (χ3n) is 2.89. The fourth-order valence-electron chi connectivity index (χ4n) is 1.93. The van der Waals surface area contributed by atoms with Crippen molar-refractivity contribution in [3.8, 4) is 0 Å². The zero-order valence-corrected chi connectivity index (χ0v) is 11.2. The molecular weight excluding hydrogens is 254 g/mol. The molecule has 1 aliphatic rings. The number of thiazole rings is 1. The summed E-state index contributed by atoms with van der Waals surface area (Å²) in [6, 6.07) is 0. The zero-order chi connectivity index (χ0) is 13.0. The van der Waals surface area contributed by atoms with E-state index < -0.39 is 4.92 Å². The lowest BCUT2D eigenvalue weighted by molar-refractivity contribution is -0.384. The molecule has 0 aliphatic carbocycles. The Bertz CT molecular complexity index is 416. The van der Waals surface area contributed by atoms with Gasteiger partial charge in [-0.25, -0.2) is 0 Å². The summed E-state index contributed by atoms with van der Waals surface area (Å²) in [6.45, 7) is 4.97. The smallest absolute Gasteiger partial charge is 0.378 e. The van der Waals surface area contributed by atoms with Gasteiger partial charge in [-0.05, 0) is 34.1 Å². The van der Waals surface area contributed by atoms with Gasteiger partial charge in [-0.1, -0.05) is 13.3 Å². The van der Waals surface area contributed by atoms with E-state index in [1.165, 1.54) is 11.3 Å². The van der Waals surface area contributed by atoms with E-state index in [0.717, 1.165) is 43.0 Å². The SMILES string of the molecule is CCCCc1sc([N+](=O)[O-])nc1N1CCOCC1. The number of hydrogen-bond donors (Lipinski definition) is 0. The van der Waals surface area contributed by atoms with Gasteiger partial charge in [0.05, 0.1) is 18.1 Å². The molecule has 0 spiro atoms. The molecule has 1 saturated heterocycles. The van der Waals surface area contributed by atoms with Crippen LogP contribution in [0.15, 0.2) is 0 Å². The van der Waals surface area contributed by atoms with E-state index in [2.05, 4.69) is 16.8 Å². The first-order valence-corrected chi connectivity index (χ1v) is 7.00. The topological polar surface area (TPSA) is 68.5 Å². The van der Waals surface area contributed by atoms with E-state index in [-0.39, 0.29) is 5.13 Å². The first-order valence-electron chi connectivity index (χ1n) is 6.19. The standard InChI is InChI=1S/C11H17N3O3S/c1-2-3-4-9-10(12-11(18-9)14(15)16)13-5-7-17-8-6-13/h2-8H2,1H3. The predicted octanol–water partition coefficient (Wildman–Crippen LogP) is 2.23. The van der Waals surface area contributed by atoms with Crippen molar-refractivity contribution in [1.29, 1.82) is 0 Å². The summed E-state index contributed by atoms with van der Waals surface area (Å²) in [4.78, 5) is 17.7. The molecule has 0 aromatic carbocycles. The summed E-state index contributed by atoms with van der Waals surface area (Å²) < 4.78 is 5.30. The maximum Gasteiger partial charge on any atom is 0.425 e. The fraction of sp³-hybridized carbons (Fsp3) is 0.727. The van der Waals surface area contributed by atoms with Crippen LogP contribution in [0.3, 0.4) is 0 Å². The number of nitro groups is 1. The molecule has 2 heterocycles. The van der Waals surface area contributed by atoms with Gasteiger partial charge in [0.1, 0.15) is 0 Å². The Hall–Kier alpha value is -1.21. The van der Waals surface area contributed by atoms with E-state index in [1.54, 1.807) is 0 Å². The van der Waals surface area contributed by atoms with Crippen molar-refractivity contribution in [2.24, 2.45) is 0 Å². The molecule has 100 valence electrons. The Kier molecular flexibility index (Phi) is 4.48. The fourth-order valence-corrected chi connectivity index (χ4v) is 2.87. The number of unbranched alkanes of at least 4 members (excludes halogenated alkanes) is 1. The molecule has 0 bridgehead atoms. The van der Waals surface area contributed by atoms with Crippen molar-refractivity contribution in [3.05, 3.63) is 15.0 Å². The monoisotopic (exact) mass is 271 g/mol. The average Bonchev–Trinajstić information content (AvgIpc) is 2.81. The Morgan fingerprint density at radius 3 is 2.83 bits per heavy atom. The molecule has 6 nitrogen and oxygen atoms in total. The molecule has 0 amide bonds. The van der Waals surface area contributed by atoms with Crippen LogP contribution in [0.2, 0.25) is 0 Å². The lowest BCUT2D eigenvalue weighted by Gasteiger charge is -2.25. The number of rotatable bonds is 5. The van der Waals surface area contributed by atoms with Crippen LogP contribution in [0.1, 0.15) is 24.6 Å². The quantitative estimate of drug-likeness (QED) is 0.606. The highest BCUT2D eigenvalue weighted by Crippen LogP contribution is 2.32. The maximum absolute atomic E-state index is 10.8. The van der Waals surface area contributed by atoms with E-state index in [4.69, 9.17) is 4.74 Å². The van der Waals surface area contributed by atoms with Gasteiger partial charge in [-0.15, -0.1) is 0 Å². The van der Waals surface area contributed by atoms with Crippen LogP contribution in [-0.4, -0.2) is 36.2 Å². The van der Waals surface area contributed by atoms with Crippen LogP contribution in [0.25, 0.3) is 0 Å². The van der Waals surface area contributed by atoms with Gasteiger partial charge in [-0.2, -0.15) is 0 Å². The number of morpholine rings is 1. The molecule has 7 heteroatoms. The molecule has 1 aliphatic heterocycles. The molecule has 1 aromatic heterocycles. The molecule has 0 saturated carbocycles. The lowest BCUT2D eigenvalue weighted by Crippen LogP contribution is -2.36. The molecule has 1 fully saturated rings. The third-order valence-corrected chi connectivity index (χ3v) is 3.95. The largest absolute Gasteiger partial charge is 0.425 e. The van der Waals surface area contributed by atoms with Crippen LogP contribution < -0.4 is 4.90 Å². The number of aryl methyl sites for hydroxylation is 1. The van der Waals surface area contributed by atoms with Crippen LogP contribution in [0.5, 0.6) is 0 Å². The summed E-state index contributed by atoms with van der Waals surface area (Å²) in [5, 5.41) is 10.8. The molecule has 2 rings (SSSR count). The number of aromatic nitrogens is 1. The van der Waals surface area contributed by atoms with Gasteiger partial charge in [-0.3, -0.25) is 0 Å². The highest BCUT2D eigenvalue weighted by molar-refractivity contribution is 7.15. The normalized spacial score (nSPS) is 15.9. The molecule has 0 N–H and O–H groups in total. The number of anilines is 1. The zero-order valence-electron chi connectivity index (χ0n) is 10.4. The molecule has 18 heavy (non-hydrogen) atoms. The van der Waals surface area contributed by atoms with Crippen molar-refractivity contribution in [3.63, 3.8) is 0 Å². The first kappa shape index (κ1) is 13.2. The summed E-state index contributed by atoms with van der Waals surface area (Å²) >= 11 is 1.21. The van der Waals surface area contributed by atoms with Gasteiger partial charge >= 0.3 is 5.13 Å².